The molecule has 1 aliphatic heterocycles. The second-order valence-corrected chi connectivity index (χ2v) is 6.14. The zero-order valence-corrected chi connectivity index (χ0v) is 13.6. The Kier molecular flexibility index (Phi) is 4.35. The lowest BCUT2D eigenvalue weighted by Gasteiger charge is -2.36. The molecule has 4 heteroatoms. The van der Waals surface area contributed by atoms with Crippen molar-refractivity contribution in [2.24, 2.45) is 5.92 Å². The summed E-state index contributed by atoms with van der Waals surface area (Å²) < 4.78 is 0. The standard InChI is InChI=1S/C19H17NO2S/c1-20-16(21)12-15(13-8-4-2-5-9-13)17(19(20)23)18(22)14-10-6-3-7-11-14/h2-11,15,17H,12H2,1H3. The lowest BCUT2D eigenvalue weighted by atomic mass is 9.76. The van der Waals surface area contributed by atoms with Gasteiger partial charge in [-0.1, -0.05) is 72.9 Å². The summed E-state index contributed by atoms with van der Waals surface area (Å²) in [5.41, 5.74) is 1.61. The highest BCUT2D eigenvalue weighted by Crippen LogP contribution is 2.36. The Bertz CT molecular complexity index is 742. The van der Waals surface area contributed by atoms with Crippen LogP contribution in [-0.4, -0.2) is 28.6 Å². The Morgan fingerprint density at radius 1 is 1.04 bits per heavy atom. The molecule has 2 aromatic carbocycles. The Balaban J connectivity index is 2.03. The maximum absolute atomic E-state index is 13.0. The van der Waals surface area contributed by atoms with Crippen LogP contribution in [-0.2, 0) is 4.79 Å². The quantitative estimate of drug-likeness (QED) is 0.641. The molecule has 1 saturated heterocycles. The van der Waals surface area contributed by atoms with Crippen LogP contribution in [0.25, 0.3) is 0 Å². The molecule has 0 radical (unpaired) electrons. The van der Waals surface area contributed by atoms with E-state index in [9.17, 15) is 9.59 Å². The summed E-state index contributed by atoms with van der Waals surface area (Å²) in [5, 5.41) is 0. The predicted octanol–water partition coefficient (Wildman–Crippen LogP) is 3.46. The molecule has 0 aromatic heterocycles. The number of nitrogens with zero attached hydrogens (tertiary/aromatic N) is 1. The Morgan fingerprint density at radius 3 is 2.22 bits per heavy atom. The first kappa shape index (κ1) is 15.6. The van der Waals surface area contributed by atoms with E-state index in [2.05, 4.69) is 0 Å². The minimum atomic E-state index is -0.488. The number of benzene rings is 2. The smallest absolute Gasteiger partial charge is 0.227 e. The SMILES string of the molecule is CN1C(=O)CC(c2ccccc2)C(C(=O)c2ccccc2)C1=S. The van der Waals surface area contributed by atoms with Crippen LogP contribution in [0.1, 0.15) is 28.3 Å². The fourth-order valence-electron chi connectivity index (χ4n) is 3.03. The second kappa shape index (κ2) is 6.42. The van der Waals surface area contributed by atoms with Gasteiger partial charge in [-0.15, -0.1) is 0 Å². The van der Waals surface area contributed by atoms with Gasteiger partial charge in [-0.05, 0) is 5.56 Å². The topological polar surface area (TPSA) is 37.4 Å². The molecule has 2 unspecified atom stereocenters. The molecule has 3 nitrogen and oxygen atoms in total. The van der Waals surface area contributed by atoms with Gasteiger partial charge in [0, 0.05) is 24.9 Å². The van der Waals surface area contributed by atoms with Crippen LogP contribution in [0.3, 0.4) is 0 Å². The lowest BCUT2D eigenvalue weighted by molar-refractivity contribution is -0.128. The van der Waals surface area contributed by atoms with Crippen LogP contribution in [0.2, 0.25) is 0 Å². The van der Waals surface area contributed by atoms with Crippen molar-refractivity contribution in [1.29, 1.82) is 0 Å². The van der Waals surface area contributed by atoms with Crippen molar-refractivity contribution >= 4 is 28.9 Å². The molecule has 0 spiro atoms. The van der Waals surface area contributed by atoms with E-state index >= 15 is 0 Å². The van der Waals surface area contributed by atoms with Crippen molar-refractivity contribution in [3.05, 3.63) is 71.8 Å². The summed E-state index contributed by atoms with van der Waals surface area (Å²) in [6, 6.07) is 18.8. The number of Topliss-reactive ketones (excluding diaryl/α,β-unsaturated/α-hetero) is 1. The van der Waals surface area contributed by atoms with Crippen LogP contribution in [0, 0.1) is 5.92 Å². The number of amides is 1. The third kappa shape index (κ3) is 2.94. The van der Waals surface area contributed by atoms with E-state index in [1.165, 1.54) is 4.90 Å². The van der Waals surface area contributed by atoms with Gasteiger partial charge in [0.2, 0.25) is 5.91 Å². The van der Waals surface area contributed by atoms with Crippen molar-refractivity contribution in [1.82, 2.24) is 4.90 Å². The molecule has 23 heavy (non-hydrogen) atoms. The summed E-state index contributed by atoms with van der Waals surface area (Å²) in [7, 11) is 1.65. The molecule has 0 aliphatic carbocycles. The maximum Gasteiger partial charge on any atom is 0.227 e. The highest BCUT2D eigenvalue weighted by Gasteiger charge is 2.42. The largest absolute Gasteiger partial charge is 0.309 e. The normalized spacial score (nSPS) is 21.3. The van der Waals surface area contributed by atoms with Crippen molar-refractivity contribution in [2.75, 3.05) is 7.05 Å². The summed E-state index contributed by atoms with van der Waals surface area (Å²) in [4.78, 5) is 27.1. The van der Waals surface area contributed by atoms with Gasteiger partial charge in [0.15, 0.2) is 5.78 Å². The molecular formula is C19H17NO2S. The number of hydrogen-bond acceptors (Lipinski definition) is 3. The average molecular weight is 323 g/mol. The molecule has 3 rings (SSSR count). The molecule has 1 amide bonds. The molecule has 0 saturated carbocycles. The highest BCUT2D eigenvalue weighted by molar-refractivity contribution is 7.80. The van der Waals surface area contributed by atoms with E-state index in [4.69, 9.17) is 12.2 Å². The highest BCUT2D eigenvalue weighted by atomic mass is 32.1. The number of carbonyl (C=O) groups is 2. The molecule has 1 heterocycles. The van der Waals surface area contributed by atoms with Crippen molar-refractivity contribution in [3.63, 3.8) is 0 Å². The third-order valence-corrected chi connectivity index (χ3v) is 4.86. The maximum atomic E-state index is 13.0. The molecular weight excluding hydrogens is 306 g/mol. The van der Waals surface area contributed by atoms with Gasteiger partial charge >= 0.3 is 0 Å². The van der Waals surface area contributed by atoms with Gasteiger partial charge in [0.25, 0.3) is 0 Å². The minimum absolute atomic E-state index is 0.0243. The molecule has 2 atom stereocenters. The van der Waals surface area contributed by atoms with Crippen LogP contribution < -0.4 is 0 Å². The van der Waals surface area contributed by atoms with E-state index in [-0.39, 0.29) is 17.6 Å². The number of hydrogen-bond donors (Lipinski definition) is 0. The summed E-state index contributed by atoms with van der Waals surface area (Å²) >= 11 is 5.46. The number of piperidine rings is 1. The molecule has 1 fully saturated rings. The molecule has 2 aromatic rings. The second-order valence-electron chi connectivity index (χ2n) is 5.72. The van der Waals surface area contributed by atoms with E-state index in [0.29, 0.717) is 17.0 Å². The first-order valence-corrected chi connectivity index (χ1v) is 7.95. The number of rotatable bonds is 3. The van der Waals surface area contributed by atoms with Crippen molar-refractivity contribution < 1.29 is 9.59 Å². The van der Waals surface area contributed by atoms with E-state index in [0.717, 1.165) is 5.56 Å². The van der Waals surface area contributed by atoms with Gasteiger partial charge in [-0.2, -0.15) is 0 Å². The first-order chi connectivity index (χ1) is 11.1. The van der Waals surface area contributed by atoms with Gasteiger partial charge in [-0.25, -0.2) is 0 Å². The van der Waals surface area contributed by atoms with Crippen molar-refractivity contribution in [3.8, 4) is 0 Å². The molecule has 1 aliphatic rings. The summed E-state index contributed by atoms with van der Waals surface area (Å²) in [6.45, 7) is 0. The van der Waals surface area contributed by atoms with Crippen molar-refractivity contribution in [2.45, 2.75) is 12.3 Å². The monoisotopic (exact) mass is 323 g/mol. The first-order valence-electron chi connectivity index (χ1n) is 7.54. The number of ketones is 1. The van der Waals surface area contributed by atoms with Gasteiger partial charge in [0.1, 0.15) is 0 Å². The van der Waals surface area contributed by atoms with Crippen LogP contribution >= 0.6 is 12.2 Å². The fraction of sp³-hybridized carbons (Fsp3) is 0.211. The lowest BCUT2D eigenvalue weighted by Crippen LogP contribution is -2.48. The summed E-state index contributed by atoms with van der Waals surface area (Å²) in [5.74, 6) is -0.762. The zero-order valence-electron chi connectivity index (χ0n) is 12.8. The fourth-order valence-corrected chi connectivity index (χ4v) is 3.41. The summed E-state index contributed by atoms with van der Waals surface area (Å²) in [6.07, 6.45) is 0.296. The van der Waals surface area contributed by atoms with Crippen LogP contribution in [0.5, 0.6) is 0 Å². The van der Waals surface area contributed by atoms with E-state index < -0.39 is 5.92 Å². The molecule has 116 valence electrons. The van der Waals surface area contributed by atoms with Crippen LogP contribution in [0.4, 0.5) is 0 Å². The number of likely N-dealkylation sites (tertiary alicyclic amines) is 1. The van der Waals surface area contributed by atoms with E-state index in [1.807, 2.05) is 48.5 Å². The number of thiocarbonyl (C=S) groups is 1. The third-order valence-electron chi connectivity index (χ3n) is 4.34. The molecule has 0 N–H and O–H groups in total. The number of carbonyl (C=O) groups excluding carboxylic acids is 2. The Hall–Kier alpha value is -2.33. The molecule has 0 bridgehead atoms. The zero-order chi connectivity index (χ0) is 16.4. The minimum Gasteiger partial charge on any atom is -0.309 e. The van der Waals surface area contributed by atoms with Crippen LogP contribution in [0.15, 0.2) is 60.7 Å². The predicted molar refractivity (Wildman–Crippen MR) is 93.4 cm³/mol. The average Bonchev–Trinajstić information content (AvgIpc) is 2.60. The van der Waals surface area contributed by atoms with Gasteiger partial charge in [-0.3, -0.25) is 9.59 Å². The van der Waals surface area contributed by atoms with Gasteiger partial charge < -0.3 is 4.90 Å². The Morgan fingerprint density at radius 2 is 1.61 bits per heavy atom. The van der Waals surface area contributed by atoms with Gasteiger partial charge in [0.05, 0.1) is 10.9 Å². The Labute approximate surface area is 140 Å². The van der Waals surface area contributed by atoms with E-state index in [1.54, 1.807) is 19.2 Å².